The number of hydrogen-bond donors (Lipinski definition) is 1. The second kappa shape index (κ2) is 10.2. The molecule has 2 saturated carbocycles. The third kappa shape index (κ3) is 5.22. The molecule has 2 aliphatic carbocycles. The zero-order valence-corrected chi connectivity index (χ0v) is 23.8. The summed E-state index contributed by atoms with van der Waals surface area (Å²) in [6.45, 7) is 0.952. The number of aromatic nitrogens is 2. The standard InChI is InChI=1S/C29H30FN5O3S2/c1-40(37,38)22-15-35(16-22)21-8-6-18(7-9-21)26-25(33-28(39-26)19-12-20(30)14-32-13-19)23-4-2-3-5-24(23)27(36)34-29(17-31)10-11-29/h6-9,12-14,22-24H,2-5,10-11,15-16H2,1H3,(H,34,36). The third-order valence-corrected chi connectivity index (χ3v) is 11.0. The number of carbonyl (C=O) groups excluding carboxylic acids is 1. The number of rotatable bonds is 7. The summed E-state index contributed by atoms with van der Waals surface area (Å²) in [5.41, 5.74) is 2.56. The lowest BCUT2D eigenvalue weighted by molar-refractivity contribution is -0.127. The average molecular weight is 580 g/mol. The van der Waals surface area contributed by atoms with Gasteiger partial charge in [0, 0.05) is 48.6 Å². The van der Waals surface area contributed by atoms with E-state index in [1.54, 1.807) is 6.20 Å². The Kier molecular flexibility index (Phi) is 6.87. The van der Waals surface area contributed by atoms with Crippen LogP contribution in [0.5, 0.6) is 0 Å². The van der Waals surface area contributed by atoms with Gasteiger partial charge in [-0.3, -0.25) is 9.78 Å². The summed E-state index contributed by atoms with van der Waals surface area (Å²) >= 11 is 1.45. The van der Waals surface area contributed by atoms with E-state index in [-0.39, 0.29) is 23.0 Å². The first-order chi connectivity index (χ1) is 19.2. The predicted molar refractivity (Wildman–Crippen MR) is 152 cm³/mol. The molecule has 40 heavy (non-hydrogen) atoms. The number of carbonyl (C=O) groups is 1. The number of hydrogen-bond acceptors (Lipinski definition) is 8. The van der Waals surface area contributed by atoms with Gasteiger partial charge in [0.25, 0.3) is 0 Å². The molecule has 1 amide bonds. The molecule has 208 valence electrons. The molecule has 0 bridgehead atoms. The Labute approximate surface area is 237 Å². The molecule has 11 heteroatoms. The fourth-order valence-corrected chi connectivity index (χ4v) is 7.70. The number of nitriles is 1. The molecule has 1 N–H and O–H groups in total. The van der Waals surface area contributed by atoms with Crippen LogP contribution in [-0.2, 0) is 14.6 Å². The van der Waals surface area contributed by atoms with Crippen molar-refractivity contribution in [1.29, 1.82) is 5.26 Å². The van der Waals surface area contributed by atoms with Crippen molar-refractivity contribution in [2.45, 2.75) is 55.2 Å². The highest BCUT2D eigenvalue weighted by molar-refractivity contribution is 7.91. The quantitative estimate of drug-likeness (QED) is 0.432. The predicted octanol–water partition coefficient (Wildman–Crippen LogP) is 4.69. The molecule has 3 fully saturated rings. The zero-order valence-electron chi connectivity index (χ0n) is 22.1. The molecule has 3 heterocycles. The molecule has 6 rings (SSSR count). The lowest BCUT2D eigenvalue weighted by Gasteiger charge is -2.39. The molecule has 3 aliphatic rings. The number of anilines is 1. The van der Waals surface area contributed by atoms with Gasteiger partial charge in [-0.2, -0.15) is 5.26 Å². The maximum absolute atomic E-state index is 14.1. The Morgan fingerprint density at radius 2 is 1.88 bits per heavy atom. The summed E-state index contributed by atoms with van der Waals surface area (Å²) in [4.78, 5) is 25.4. The van der Waals surface area contributed by atoms with E-state index in [2.05, 4.69) is 16.4 Å². The molecule has 0 spiro atoms. The van der Waals surface area contributed by atoms with E-state index in [0.717, 1.165) is 53.7 Å². The molecular weight excluding hydrogens is 549 g/mol. The van der Waals surface area contributed by atoms with Crippen LogP contribution in [0.3, 0.4) is 0 Å². The van der Waals surface area contributed by atoms with Crippen LogP contribution < -0.4 is 10.2 Å². The van der Waals surface area contributed by atoms with Crippen LogP contribution in [-0.4, -0.2) is 54.4 Å². The fourth-order valence-electron chi connectivity index (χ4n) is 5.68. The van der Waals surface area contributed by atoms with E-state index in [1.165, 1.54) is 23.7 Å². The van der Waals surface area contributed by atoms with Crippen molar-refractivity contribution in [2.75, 3.05) is 24.2 Å². The lowest BCUT2D eigenvalue weighted by atomic mass is 9.76. The number of sulfone groups is 1. The van der Waals surface area contributed by atoms with Gasteiger partial charge in [0.2, 0.25) is 5.91 Å². The molecule has 1 aromatic carbocycles. The molecule has 8 nitrogen and oxygen atoms in total. The molecule has 3 aromatic rings. The van der Waals surface area contributed by atoms with E-state index in [1.807, 2.05) is 29.2 Å². The topological polar surface area (TPSA) is 116 Å². The van der Waals surface area contributed by atoms with Crippen molar-refractivity contribution < 1.29 is 17.6 Å². The highest BCUT2D eigenvalue weighted by Crippen LogP contribution is 2.46. The molecule has 2 atom stereocenters. The van der Waals surface area contributed by atoms with Crippen molar-refractivity contribution in [1.82, 2.24) is 15.3 Å². The van der Waals surface area contributed by atoms with Crippen molar-refractivity contribution in [3.05, 3.63) is 54.2 Å². The number of pyridine rings is 1. The minimum Gasteiger partial charge on any atom is -0.369 e. The van der Waals surface area contributed by atoms with E-state index < -0.39 is 21.2 Å². The van der Waals surface area contributed by atoms with E-state index in [9.17, 15) is 22.9 Å². The van der Waals surface area contributed by atoms with E-state index in [4.69, 9.17) is 4.98 Å². The minimum absolute atomic E-state index is 0.0924. The molecule has 0 radical (unpaired) electrons. The van der Waals surface area contributed by atoms with Crippen molar-refractivity contribution in [3.63, 3.8) is 0 Å². The Balaban J connectivity index is 1.34. The largest absolute Gasteiger partial charge is 0.369 e. The van der Waals surface area contributed by atoms with Gasteiger partial charge in [-0.15, -0.1) is 11.3 Å². The van der Waals surface area contributed by atoms with Gasteiger partial charge in [0.05, 0.1) is 28.1 Å². The van der Waals surface area contributed by atoms with Gasteiger partial charge in [-0.05, 0) is 49.4 Å². The highest BCUT2D eigenvalue weighted by Gasteiger charge is 2.47. The first-order valence-corrected chi connectivity index (χ1v) is 16.3. The van der Waals surface area contributed by atoms with Crippen molar-refractivity contribution in [2.24, 2.45) is 5.92 Å². The monoisotopic (exact) mass is 579 g/mol. The number of benzene rings is 1. The summed E-state index contributed by atoms with van der Waals surface area (Å²) in [7, 11) is -3.06. The van der Waals surface area contributed by atoms with Crippen LogP contribution in [0, 0.1) is 23.1 Å². The van der Waals surface area contributed by atoms with Crippen LogP contribution in [0.2, 0.25) is 0 Å². The van der Waals surface area contributed by atoms with E-state index in [0.29, 0.717) is 36.5 Å². The van der Waals surface area contributed by atoms with Gasteiger partial charge in [0.15, 0.2) is 9.84 Å². The zero-order chi connectivity index (χ0) is 28.1. The van der Waals surface area contributed by atoms with Crippen molar-refractivity contribution in [3.8, 4) is 27.1 Å². The second-order valence-corrected chi connectivity index (χ2v) is 14.5. The molecule has 1 saturated heterocycles. The van der Waals surface area contributed by atoms with Gasteiger partial charge in [0.1, 0.15) is 16.4 Å². The first-order valence-electron chi connectivity index (χ1n) is 13.5. The van der Waals surface area contributed by atoms with Crippen LogP contribution in [0.4, 0.5) is 10.1 Å². The molecular formula is C29H30FN5O3S2. The van der Waals surface area contributed by atoms with Gasteiger partial charge < -0.3 is 10.2 Å². The number of amides is 1. The smallest absolute Gasteiger partial charge is 0.225 e. The summed E-state index contributed by atoms with van der Waals surface area (Å²) in [6, 6.07) is 11.6. The Hall–Kier alpha value is -3.36. The number of nitrogens with one attached hydrogen (secondary N) is 1. The van der Waals surface area contributed by atoms with Crippen LogP contribution in [0.15, 0.2) is 42.7 Å². The summed E-state index contributed by atoms with van der Waals surface area (Å²) in [6.07, 6.45) is 8.82. The summed E-state index contributed by atoms with van der Waals surface area (Å²) in [5, 5.41) is 12.8. The minimum atomic E-state index is -3.06. The summed E-state index contributed by atoms with van der Waals surface area (Å²) < 4.78 is 37.7. The number of thiazole rings is 1. The fraction of sp³-hybridized carbons (Fsp3) is 0.448. The van der Waals surface area contributed by atoms with Gasteiger partial charge in [-0.25, -0.2) is 17.8 Å². The lowest BCUT2D eigenvalue weighted by Crippen LogP contribution is -2.54. The average Bonchev–Trinajstić information content (AvgIpc) is 3.54. The first kappa shape index (κ1) is 26.8. The SMILES string of the molecule is CS(=O)(=O)C1CN(c2ccc(-c3sc(-c4cncc(F)c4)nc3C3CCCCC3C(=O)NC3(C#N)CC3)cc2)C1. The Bertz CT molecular complexity index is 1590. The van der Waals surface area contributed by atoms with Crippen LogP contribution in [0.1, 0.15) is 50.1 Å². The van der Waals surface area contributed by atoms with Crippen LogP contribution in [0.25, 0.3) is 21.0 Å². The molecule has 1 aliphatic heterocycles. The van der Waals surface area contributed by atoms with Crippen LogP contribution >= 0.6 is 11.3 Å². The number of nitrogens with zero attached hydrogens (tertiary/aromatic N) is 4. The maximum atomic E-state index is 14.1. The summed E-state index contributed by atoms with van der Waals surface area (Å²) in [5.74, 6) is -0.962. The van der Waals surface area contributed by atoms with E-state index >= 15 is 0 Å². The number of halogens is 1. The second-order valence-electron chi connectivity index (χ2n) is 11.2. The third-order valence-electron chi connectivity index (χ3n) is 8.33. The Morgan fingerprint density at radius 1 is 1.15 bits per heavy atom. The Morgan fingerprint density at radius 3 is 2.52 bits per heavy atom. The maximum Gasteiger partial charge on any atom is 0.225 e. The van der Waals surface area contributed by atoms with Crippen molar-refractivity contribution >= 4 is 32.8 Å². The normalized spacial score (nSPS) is 22.3. The highest BCUT2D eigenvalue weighted by atomic mass is 32.2. The molecule has 2 aromatic heterocycles. The van der Waals surface area contributed by atoms with Gasteiger partial charge >= 0.3 is 0 Å². The van der Waals surface area contributed by atoms with Gasteiger partial charge in [-0.1, -0.05) is 25.0 Å². The molecule has 2 unspecified atom stereocenters.